The molecule has 1 amide bonds. The molecule has 0 saturated carbocycles. The zero-order valence-corrected chi connectivity index (χ0v) is 10.6. The maximum absolute atomic E-state index is 11.2. The smallest absolute Gasteiger partial charge is 0.408 e. The first kappa shape index (κ1) is 14.9. The third-order valence-electron chi connectivity index (χ3n) is 1.35. The first-order chi connectivity index (χ1) is 7.03. The summed E-state index contributed by atoms with van der Waals surface area (Å²) in [7, 11) is -3.33. The third-order valence-corrected chi connectivity index (χ3v) is 2.31. The molecule has 0 aliphatic rings. The van der Waals surface area contributed by atoms with Gasteiger partial charge in [0.15, 0.2) is 0 Å². The van der Waals surface area contributed by atoms with Gasteiger partial charge in [-0.05, 0) is 20.8 Å². The van der Waals surface area contributed by atoms with Gasteiger partial charge >= 0.3 is 6.09 Å². The van der Waals surface area contributed by atoms with E-state index in [1.165, 1.54) is 0 Å². The molecule has 0 aromatic carbocycles. The van der Waals surface area contributed by atoms with Crippen molar-refractivity contribution in [2.75, 3.05) is 12.0 Å². The van der Waals surface area contributed by atoms with Gasteiger partial charge in [-0.3, -0.25) is 0 Å². The Kier molecular flexibility index (Phi) is 4.92. The first-order valence-electron chi connectivity index (χ1n) is 4.66. The van der Waals surface area contributed by atoms with E-state index < -0.39 is 33.3 Å². The van der Waals surface area contributed by atoms with Gasteiger partial charge in [-0.2, -0.15) is 0 Å². The SMILES string of the molecule is CC(C)(C)OC(=O)NC(C=O)CS(C)(=O)=O. The highest BCUT2D eigenvalue weighted by atomic mass is 32.2. The summed E-state index contributed by atoms with van der Waals surface area (Å²) in [5.74, 6) is -0.435. The maximum Gasteiger partial charge on any atom is 0.408 e. The Morgan fingerprint density at radius 3 is 2.25 bits per heavy atom. The van der Waals surface area contributed by atoms with Crippen molar-refractivity contribution in [3.63, 3.8) is 0 Å². The molecule has 1 N–H and O–H groups in total. The molecule has 0 saturated heterocycles. The lowest BCUT2D eigenvalue weighted by Crippen LogP contribution is -2.43. The van der Waals surface area contributed by atoms with Crippen LogP contribution in [0.25, 0.3) is 0 Å². The second-order valence-corrected chi connectivity index (χ2v) is 6.67. The predicted octanol–water partition coefficient (Wildman–Crippen LogP) is 0.123. The van der Waals surface area contributed by atoms with Gasteiger partial charge in [-0.15, -0.1) is 0 Å². The highest BCUT2D eigenvalue weighted by Crippen LogP contribution is 2.06. The zero-order valence-electron chi connectivity index (χ0n) is 9.81. The molecule has 7 heteroatoms. The summed E-state index contributed by atoms with van der Waals surface area (Å²) in [6.45, 7) is 5.00. The molecule has 0 aromatic rings. The lowest BCUT2D eigenvalue weighted by molar-refractivity contribution is -0.109. The summed E-state index contributed by atoms with van der Waals surface area (Å²) in [5, 5.41) is 2.17. The normalized spacial score (nSPS) is 14.0. The largest absolute Gasteiger partial charge is 0.444 e. The van der Waals surface area contributed by atoms with Crippen molar-refractivity contribution < 1.29 is 22.7 Å². The Hall–Kier alpha value is -1.11. The lowest BCUT2D eigenvalue weighted by Gasteiger charge is -2.21. The number of aldehydes is 1. The van der Waals surface area contributed by atoms with Crippen molar-refractivity contribution in [1.29, 1.82) is 0 Å². The van der Waals surface area contributed by atoms with Crippen LogP contribution in [0, 0.1) is 0 Å². The zero-order chi connectivity index (χ0) is 13.0. The van der Waals surface area contributed by atoms with Crippen molar-refractivity contribution in [2.24, 2.45) is 0 Å². The Balaban J connectivity index is 4.35. The predicted molar refractivity (Wildman–Crippen MR) is 58.9 cm³/mol. The molecule has 0 bridgehead atoms. The van der Waals surface area contributed by atoms with E-state index in [9.17, 15) is 18.0 Å². The monoisotopic (exact) mass is 251 g/mol. The van der Waals surface area contributed by atoms with Crippen LogP contribution in [-0.2, 0) is 19.4 Å². The number of sulfone groups is 1. The molecule has 0 aromatic heterocycles. The number of hydrogen-bond donors (Lipinski definition) is 1. The topological polar surface area (TPSA) is 89.5 Å². The Bertz CT molecular complexity index is 355. The van der Waals surface area contributed by atoms with E-state index in [4.69, 9.17) is 4.74 Å². The maximum atomic E-state index is 11.2. The van der Waals surface area contributed by atoms with Crippen LogP contribution in [0.15, 0.2) is 0 Å². The van der Waals surface area contributed by atoms with E-state index >= 15 is 0 Å². The van der Waals surface area contributed by atoms with E-state index in [1.54, 1.807) is 20.8 Å². The fourth-order valence-electron chi connectivity index (χ4n) is 0.900. The molecule has 6 nitrogen and oxygen atoms in total. The summed E-state index contributed by atoms with van der Waals surface area (Å²) in [6.07, 6.45) is 0.541. The summed E-state index contributed by atoms with van der Waals surface area (Å²) in [6, 6.07) is -1.08. The summed E-state index contributed by atoms with van der Waals surface area (Å²) in [4.78, 5) is 21.8. The molecular weight excluding hydrogens is 234 g/mol. The number of carbonyl (C=O) groups excluding carboxylic acids is 2. The number of hydrogen-bond acceptors (Lipinski definition) is 5. The second kappa shape index (κ2) is 5.29. The van der Waals surface area contributed by atoms with Gasteiger partial charge in [-0.25, -0.2) is 13.2 Å². The van der Waals surface area contributed by atoms with Gasteiger partial charge in [0.1, 0.15) is 27.8 Å². The van der Waals surface area contributed by atoms with E-state index in [2.05, 4.69) is 5.32 Å². The van der Waals surface area contributed by atoms with Crippen LogP contribution in [0.5, 0.6) is 0 Å². The standard InChI is InChI=1S/C9H17NO5S/c1-9(2,3)15-8(12)10-7(5-11)6-16(4,13)14/h5,7H,6H2,1-4H3,(H,10,12). The Morgan fingerprint density at radius 2 is 1.94 bits per heavy atom. The Labute approximate surface area is 95.3 Å². The molecule has 0 aliphatic heterocycles. The fraction of sp³-hybridized carbons (Fsp3) is 0.778. The minimum Gasteiger partial charge on any atom is -0.444 e. The van der Waals surface area contributed by atoms with Crippen LogP contribution in [0.2, 0.25) is 0 Å². The molecule has 94 valence electrons. The van der Waals surface area contributed by atoms with Crippen LogP contribution < -0.4 is 5.32 Å². The van der Waals surface area contributed by atoms with Gasteiger partial charge in [-0.1, -0.05) is 0 Å². The van der Waals surface area contributed by atoms with Gasteiger partial charge in [0, 0.05) is 6.26 Å². The third kappa shape index (κ3) is 8.22. The minimum absolute atomic E-state index is 0.366. The van der Waals surface area contributed by atoms with Crippen molar-refractivity contribution >= 4 is 22.2 Å². The molecule has 0 rings (SSSR count). The van der Waals surface area contributed by atoms with Crippen LogP contribution in [0.3, 0.4) is 0 Å². The van der Waals surface area contributed by atoms with Gasteiger partial charge in [0.2, 0.25) is 0 Å². The molecule has 0 heterocycles. The number of nitrogens with one attached hydrogen (secondary N) is 1. The van der Waals surface area contributed by atoms with Crippen molar-refractivity contribution in [3.05, 3.63) is 0 Å². The molecule has 0 aliphatic carbocycles. The van der Waals surface area contributed by atoms with E-state index in [0.717, 1.165) is 6.26 Å². The highest BCUT2D eigenvalue weighted by molar-refractivity contribution is 7.90. The molecule has 16 heavy (non-hydrogen) atoms. The molecule has 1 atom stereocenters. The van der Waals surface area contributed by atoms with Gasteiger partial charge in [0.05, 0.1) is 5.75 Å². The van der Waals surface area contributed by atoms with E-state index in [0.29, 0.717) is 6.29 Å². The number of amides is 1. The number of alkyl carbamates (subject to hydrolysis) is 1. The quantitative estimate of drug-likeness (QED) is 0.717. The van der Waals surface area contributed by atoms with Crippen LogP contribution >= 0.6 is 0 Å². The Morgan fingerprint density at radius 1 is 1.44 bits per heavy atom. The highest BCUT2D eigenvalue weighted by Gasteiger charge is 2.21. The minimum atomic E-state index is -3.33. The first-order valence-corrected chi connectivity index (χ1v) is 6.72. The molecular formula is C9H17NO5S. The lowest BCUT2D eigenvalue weighted by atomic mass is 10.2. The molecule has 0 fully saturated rings. The number of carbonyl (C=O) groups is 2. The summed E-state index contributed by atoms with van der Waals surface area (Å²) in [5.41, 5.74) is -0.692. The van der Waals surface area contributed by atoms with Gasteiger partial charge < -0.3 is 14.8 Å². The second-order valence-electron chi connectivity index (χ2n) is 4.48. The molecule has 0 spiro atoms. The molecule has 1 unspecified atom stereocenters. The average molecular weight is 251 g/mol. The summed E-state index contributed by atoms with van der Waals surface area (Å²) >= 11 is 0. The van der Waals surface area contributed by atoms with Crippen molar-refractivity contribution in [3.8, 4) is 0 Å². The van der Waals surface area contributed by atoms with Crippen molar-refractivity contribution in [2.45, 2.75) is 32.4 Å². The average Bonchev–Trinajstić information content (AvgIpc) is 1.96. The summed E-state index contributed by atoms with van der Waals surface area (Å²) < 4.78 is 26.7. The van der Waals surface area contributed by atoms with Crippen LogP contribution in [0.4, 0.5) is 4.79 Å². The molecule has 0 radical (unpaired) electrons. The van der Waals surface area contributed by atoms with Crippen molar-refractivity contribution in [1.82, 2.24) is 5.32 Å². The number of rotatable bonds is 4. The fourth-order valence-corrected chi connectivity index (χ4v) is 1.71. The van der Waals surface area contributed by atoms with E-state index in [-0.39, 0.29) is 0 Å². The van der Waals surface area contributed by atoms with Crippen LogP contribution in [0.1, 0.15) is 20.8 Å². The van der Waals surface area contributed by atoms with Crippen LogP contribution in [-0.4, -0.2) is 44.4 Å². The van der Waals surface area contributed by atoms with E-state index in [1.807, 2.05) is 0 Å². The van der Waals surface area contributed by atoms with Gasteiger partial charge in [0.25, 0.3) is 0 Å². The number of ether oxygens (including phenoxy) is 1.